The van der Waals surface area contributed by atoms with Gasteiger partial charge in [-0.05, 0) is 12.0 Å². The molecule has 3 aromatic rings. The molecule has 2 aromatic carbocycles. The summed E-state index contributed by atoms with van der Waals surface area (Å²) < 4.78 is 48.2. The minimum Gasteiger partial charge on any atom is -0.495 e. The molecular weight excluding hydrogens is 439 g/mol. The van der Waals surface area contributed by atoms with E-state index >= 15 is 0 Å². The van der Waals surface area contributed by atoms with Crippen LogP contribution in [0.3, 0.4) is 0 Å². The zero-order valence-corrected chi connectivity index (χ0v) is 18.3. The molecule has 0 aliphatic rings. The van der Waals surface area contributed by atoms with E-state index in [-0.39, 0.29) is 41.5 Å². The molecule has 4 N–H and O–H groups in total. The lowest BCUT2D eigenvalue weighted by atomic mass is 10.0. The minimum absolute atomic E-state index is 0.0605. The summed E-state index contributed by atoms with van der Waals surface area (Å²) >= 11 is 0. The van der Waals surface area contributed by atoms with E-state index in [4.69, 9.17) is 10.5 Å². The number of nitrogens with two attached hydrogens (primary N) is 1. The van der Waals surface area contributed by atoms with Gasteiger partial charge < -0.3 is 25.5 Å². The number of nitrogens with one attached hydrogen (secondary N) is 1. The fraction of sp³-hybridized carbons (Fsp3) is 0.304. The number of hydrogen-bond donors (Lipinski definition) is 3. The number of aliphatic hydroxyl groups is 1. The molecule has 10 heteroatoms. The summed E-state index contributed by atoms with van der Waals surface area (Å²) in [6, 6.07) is 3.56. The molecule has 0 unspecified atom stereocenters. The van der Waals surface area contributed by atoms with Crippen molar-refractivity contribution in [1.29, 1.82) is 0 Å². The highest BCUT2D eigenvalue weighted by atomic mass is 19.1. The van der Waals surface area contributed by atoms with Crippen molar-refractivity contribution < 1.29 is 27.8 Å². The molecule has 3 rings (SSSR count). The van der Waals surface area contributed by atoms with E-state index in [1.165, 1.54) is 25.4 Å². The van der Waals surface area contributed by atoms with Gasteiger partial charge in [-0.2, -0.15) is 0 Å². The highest BCUT2D eigenvalue weighted by Gasteiger charge is 2.22. The van der Waals surface area contributed by atoms with Gasteiger partial charge in [0, 0.05) is 41.9 Å². The topological polar surface area (TPSA) is 107 Å². The smallest absolute Gasteiger partial charge is 0.254 e. The van der Waals surface area contributed by atoms with Gasteiger partial charge in [0.1, 0.15) is 28.8 Å². The molecule has 0 bridgehead atoms. The molecular formula is C23H24F3N3O4. The SMILES string of the molecule is COc1cc2c(cc1NCc1c(F)cc(F)cc1F)c(=O)c(C(N)=O)cn2[C@H](CO)C(C)C. The molecule has 0 aliphatic carbocycles. The largest absolute Gasteiger partial charge is 0.495 e. The molecule has 0 aliphatic heterocycles. The van der Waals surface area contributed by atoms with E-state index in [9.17, 15) is 27.9 Å². The summed E-state index contributed by atoms with van der Waals surface area (Å²) in [7, 11) is 1.37. The fourth-order valence-electron chi connectivity index (χ4n) is 3.68. The summed E-state index contributed by atoms with van der Waals surface area (Å²) in [5.74, 6) is -3.93. The van der Waals surface area contributed by atoms with Gasteiger partial charge in [0.25, 0.3) is 5.91 Å². The summed E-state index contributed by atoms with van der Waals surface area (Å²) in [6.07, 6.45) is 1.31. The zero-order valence-electron chi connectivity index (χ0n) is 18.3. The summed E-state index contributed by atoms with van der Waals surface area (Å²) in [4.78, 5) is 24.9. The number of halogens is 3. The fourth-order valence-corrected chi connectivity index (χ4v) is 3.68. The first-order chi connectivity index (χ1) is 15.6. The van der Waals surface area contributed by atoms with E-state index in [1.807, 2.05) is 13.8 Å². The normalized spacial score (nSPS) is 12.2. The van der Waals surface area contributed by atoms with Gasteiger partial charge in [-0.3, -0.25) is 9.59 Å². The van der Waals surface area contributed by atoms with E-state index in [2.05, 4.69) is 5.32 Å². The molecule has 1 heterocycles. The Balaban J connectivity index is 2.19. The van der Waals surface area contributed by atoms with Gasteiger partial charge >= 0.3 is 0 Å². The lowest BCUT2D eigenvalue weighted by molar-refractivity contribution is 0.0997. The second-order valence-electron chi connectivity index (χ2n) is 7.91. The number of hydrogen-bond acceptors (Lipinski definition) is 5. The highest BCUT2D eigenvalue weighted by molar-refractivity contribution is 5.97. The molecule has 7 nitrogen and oxygen atoms in total. The highest BCUT2D eigenvalue weighted by Crippen LogP contribution is 2.32. The van der Waals surface area contributed by atoms with Crippen LogP contribution in [0.25, 0.3) is 10.9 Å². The Kier molecular flexibility index (Phi) is 6.97. The van der Waals surface area contributed by atoms with Crippen molar-refractivity contribution in [3.63, 3.8) is 0 Å². The molecule has 176 valence electrons. The maximum absolute atomic E-state index is 14.0. The standard InChI is InChI=1S/C23H24F3N3O4/c1-11(2)20(10-30)29-9-15(23(27)32)22(31)13-6-18(21(33-3)7-19(13)29)28-8-14-16(25)4-12(24)5-17(14)26/h4-7,9,11,20,28,30H,8,10H2,1-3H3,(H2,27,32)/t20-/m1/s1. The minimum atomic E-state index is -1.07. The Morgan fingerprint density at radius 2 is 1.82 bits per heavy atom. The van der Waals surface area contributed by atoms with Crippen LogP contribution in [0, 0.1) is 23.4 Å². The van der Waals surface area contributed by atoms with Crippen LogP contribution in [-0.2, 0) is 6.54 Å². The Hall–Kier alpha value is -3.53. The number of methoxy groups -OCH3 is 1. The number of rotatable bonds is 8. The molecule has 0 fully saturated rings. The van der Waals surface area contributed by atoms with Crippen LogP contribution < -0.4 is 21.2 Å². The lowest BCUT2D eigenvalue weighted by Crippen LogP contribution is -2.28. The number of ether oxygens (including phenoxy) is 1. The first kappa shape index (κ1) is 24.1. The van der Waals surface area contributed by atoms with Crippen LogP contribution in [0.4, 0.5) is 18.9 Å². The first-order valence-electron chi connectivity index (χ1n) is 10.1. The Bertz CT molecular complexity index is 1250. The monoisotopic (exact) mass is 463 g/mol. The predicted molar refractivity (Wildman–Crippen MR) is 118 cm³/mol. The number of aliphatic hydroxyl groups excluding tert-OH is 1. The van der Waals surface area contributed by atoms with Crippen LogP contribution in [0.2, 0.25) is 0 Å². The van der Waals surface area contributed by atoms with Crippen LogP contribution in [0.5, 0.6) is 5.75 Å². The Labute approximate surface area is 187 Å². The van der Waals surface area contributed by atoms with Gasteiger partial charge in [0.15, 0.2) is 0 Å². The lowest BCUT2D eigenvalue weighted by Gasteiger charge is -2.25. The number of carbonyl (C=O) groups excluding carboxylic acids is 1. The first-order valence-corrected chi connectivity index (χ1v) is 10.1. The van der Waals surface area contributed by atoms with E-state index in [0.717, 1.165) is 0 Å². The number of fused-ring (bicyclic) bond motifs is 1. The number of aromatic nitrogens is 1. The Morgan fingerprint density at radius 1 is 1.18 bits per heavy atom. The van der Waals surface area contributed by atoms with Gasteiger partial charge in [-0.25, -0.2) is 13.2 Å². The molecule has 0 saturated heterocycles. The van der Waals surface area contributed by atoms with Crippen LogP contribution >= 0.6 is 0 Å². The molecule has 0 spiro atoms. The summed E-state index contributed by atoms with van der Waals surface area (Å²) in [5, 5.41) is 12.8. The van der Waals surface area contributed by atoms with Crippen molar-refractivity contribution in [3.8, 4) is 5.75 Å². The Morgan fingerprint density at radius 3 is 2.33 bits per heavy atom. The average molecular weight is 463 g/mol. The third-order valence-electron chi connectivity index (χ3n) is 5.49. The summed E-state index contributed by atoms with van der Waals surface area (Å²) in [5.41, 5.74) is 4.67. The molecule has 1 aromatic heterocycles. The van der Waals surface area contributed by atoms with Crippen molar-refractivity contribution in [1.82, 2.24) is 4.57 Å². The third-order valence-corrected chi connectivity index (χ3v) is 5.49. The molecule has 0 radical (unpaired) electrons. The average Bonchev–Trinajstić information content (AvgIpc) is 2.74. The maximum Gasteiger partial charge on any atom is 0.254 e. The molecule has 0 saturated carbocycles. The second kappa shape index (κ2) is 9.53. The van der Waals surface area contributed by atoms with Crippen LogP contribution in [0.15, 0.2) is 35.3 Å². The van der Waals surface area contributed by atoms with Crippen molar-refractivity contribution in [2.45, 2.75) is 26.4 Å². The van der Waals surface area contributed by atoms with E-state index in [1.54, 1.807) is 4.57 Å². The van der Waals surface area contributed by atoms with Gasteiger partial charge in [-0.1, -0.05) is 13.8 Å². The van der Waals surface area contributed by atoms with Crippen LogP contribution in [0.1, 0.15) is 35.8 Å². The quantitative estimate of drug-likeness (QED) is 0.475. The molecule has 1 amide bonds. The van der Waals surface area contributed by atoms with E-state index in [0.29, 0.717) is 17.6 Å². The third kappa shape index (κ3) is 4.65. The number of benzene rings is 2. The van der Waals surface area contributed by atoms with Crippen molar-refractivity contribution in [2.75, 3.05) is 19.0 Å². The number of carbonyl (C=O) groups is 1. The van der Waals surface area contributed by atoms with Crippen molar-refractivity contribution >= 4 is 22.5 Å². The molecule has 33 heavy (non-hydrogen) atoms. The predicted octanol–water partition coefficient (Wildman–Crippen LogP) is 3.33. The number of primary amides is 1. The number of amides is 1. The maximum atomic E-state index is 14.0. The van der Waals surface area contributed by atoms with Gasteiger partial charge in [0.2, 0.25) is 5.43 Å². The number of pyridine rings is 1. The van der Waals surface area contributed by atoms with Gasteiger partial charge in [0.05, 0.1) is 31.0 Å². The zero-order chi connectivity index (χ0) is 24.4. The van der Waals surface area contributed by atoms with Crippen molar-refractivity contribution in [2.24, 2.45) is 11.7 Å². The molecule has 1 atom stereocenters. The summed E-state index contributed by atoms with van der Waals surface area (Å²) in [6.45, 7) is 3.11. The van der Waals surface area contributed by atoms with Crippen molar-refractivity contribution in [3.05, 3.63) is 69.3 Å². The van der Waals surface area contributed by atoms with E-state index < -0.39 is 40.4 Å². The second-order valence-corrected chi connectivity index (χ2v) is 7.91. The number of anilines is 1. The van der Waals surface area contributed by atoms with Crippen LogP contribution in [-0.4, -0.2) is 29.3 Å². The number of nitrogens with zero attached hydrogens (tertiary/aromatic N) is 1. The van der Waals surface area contributed by atoms with Gasteiger partial charge in [-0.15, -0.1) is 0 Å².